The Bertz CT molecular complexity index is 1620. The lowest BCUT2D eigenvalue weighted by atomic mass is 10.0. The van der Waals surface area contributed by atoms with Gasteiger partial charge in [-0.15, -0.1) is 0 Å². The van der Waals surface area contributed by atoms with Crippen molar-refractivity contribution in [1.29, 1.82) is 0 Å². The van der Waals surface area contributed by atoms with Crippen LogP contribution in [-0.4, -0.2) is 39.3 Å². The molecule has 0 fully saturated rings. The molecule has 3 heterocycles. The molecule has 0 atom stereocenters. The van der Waals surface area contributed by atoms with E-state index in [0.29, 0.717) is 24.6 Å². The maximum Gasteiger partial charge on any atom is 0.355 e. The highest BCUT2D eigenvalue weighted by atomic mass is 32.1. The standard InChI is InChI=1S/C28H25N3O5S/c1-3-11-34-19-7-9-23-20(14-19)26(18-6-8-21-22(13-18)30-37-29-21)27(28(32)33-4-2)31(23)15-17-5-10-24-25(12-17)36-16-35-24/h5-10,12-14H,3-4,11,15-16H2,1-2H3. The van der Waals surface area contributed by atoms with Crippen LogP contribution in [0.25, 0.3) is 33.1 Å². The highest BCUT2D eigenvalue weighted by molar-refractivity contribution is 7.00. The summed E-state index contributed by atoms with van der Waals surface area (Å²) in [6.07, 6.45) is 0.900. The van der Waals surface area contributed by atoms with Gasteiger partial charge in [-0.05, 0) is 66.9 Å². The van der Waals surface area contributed by atoms with Crippen LogP contribution in [0.4, 0.5) is 0 Å². The van der Waals surface area contributed by atoms with Crippen molar-refractivity contribution in [3.05, 3.63) is 65.9 Å². The zero-order valence-corrected chi connectivity index (χ0v) is 21.3. The van der Waals surface area contributed by atoms with Gasteiger partial charge in [0.25, 0.3) is 0 Å². The number of nitrogens with zero attached hydrogens (tertiary/aromatic N) is 3. The second kappa shape index (κ2) is 9.74. The molecule has 8 nitrogen and oxygen atoms in total. The lowest BCUT2D eigenvalue weighted by molar-refractivity contribution is 0.0516. The van der Waals surface area contributed by atoms with Gasteiger partial charge in [-0.1, -0.05) is 19.1 Å². The molecule has 0 saturated carbocycles. The molecule has 5 aromatic rings. The fourth-order valence-electron chi connectivity index (χ4n) is 4.67. The fraction of sp³-hybridized carbons (Fsp3) is 0.250. The molecule has 9 heteroatoms. The molecule has 1 aliphatic heterocycles. The van der Waals surface area contributed by atoms with Crippen LogP contribution in [0.15, 0.2) is 54.6 Å². The second-order valence-corrected chi connectivity index (χ2v) is 9.24. The van der Waals surface area contributed by atoms with Crippen LogP contribution in [0.5, 0.6) is 17.2 Å². The minimum atomic E-state index is -0.387. The van der Waals surface area contributed by atoms with Gasteiger partial charge >= 0.3 is 5.97 Å². The topological polar surface area (TPSA) is 84.7 Å². The highest BCUT2D eigenvalue weighted by Gasteiger charge is 2.26. The summed E-state index contributed by atoms with van der Waals surface area (Å²) in [6.45, 7) is 5.41. The first-order chi connectivity index (χ1) is 18.2. The fourth-order valence-corrected chi connectivity index (χ4v) is 5.19. The molecule has 6 rings (SSSR count). The van der Waals surface area contributed by atoms with Gasteiger partial charge in [-0.2, -0.15) is 8.75 Å². The number of fused-ring (bicyclic) bond motifs is 3. The quantitative estimate of drug-likeness (QED) is 0.232. The predicted molar refractivity (Wildman–Crippen MR) is 142 cm³/mol. The number of carbonyl (C=O) groups is 1. The van der Waals surface area contributed by atoms with E-state index in [1.807, 2.05) is 66.1 Å². The third-order valence-corrected chi connectivity index (χ3v) is 6.85. The van der Waals surface area contributed by atoms with Crippen molar-refractivity contribution in [2.24, 2.45) is 0 Å². The van der Waals surface area contributed by atoms with Crippen molar-refractivity contribution in [3.8, 4) is 28.4 Å². The summed E-state index contributed by atoms with van der Waals surface area (Å²) >= 11 is 1.17. The van der Waals surface area contributed by atoms with Crippen LogP contribution in [0.2, 0.25) is 0 Å². The first-order valence-electron chi connectivity index (χ1n) is 12.2. The third-order valence-electron chi connectivity index (χ3n) is 6.30. The first kappa shape index (κ1) is 23.3. The van der Waals surface area contributed by atoms with E-state index in [9.17, 15) is 4.79 Å². The zero-order chi connectivity index (χ0) is 25.4. The Kier molecular flexibility index (Phi) is 6.13. The van der Waals surface area contributed by atoms with Crippen LogP contribution in [0.3, 0.4) is 0 Å². The van der Waals surface area contributed by atoms with Gasteiger partial charge in [0.15, 0.2) is 11.5 Å². The average Bonchev–Trinajstić information content (AvgIpc) is 3.64. The average molecular weight is 516 g/mol. The number of aromatic nitrogens is 3. The number of hydrogen-bond donors (Lipinski definition) is 0. The molecule has 3 aromatic carbocycles. The van der Waals surface area contributed by atoms with Crippen molar-refractivity contribution >= 4 is 39.6 Å². The summed E-state index contributed by atoms with van der Waals surface area (Å²) in [6, 6.07) is 17.7. The van der Waals surface area contributed by atoms with E-state index in [1.54, 1.807) is 0 Å². The third kappa shape index (κ3) is 4.25. The molecular weight excluding hydrogens is 490 g/mol. The maximum absolute atomic E-state index is 13.5. The summed E-state index contributed by atoms with van der Waals surface area (Å²) in [5.74, 6) is 1.78. The Hall–Kier alpha value is -4.11. The van der Waals surface area contributed by atoms with Gasteiger partial charge in [-0.3, -0.25) is 0 Å². The van der Waals surface area contributed by atoms with Gasteiger partial charge in [0.2, 0.25) is 6.79 Å². The van der Waals surface area contributed by atoms with Crippen LogP contribution in [0.1, 0.15) is 36.3 Å². The molecule has 0 aliphatic carbocycles. The molecule has 1 aliphatic rings. The zero-order valence-electron chi connectivity index (χ0n) is 20.5. The van der Waals surface area contributed by atoms with Crippen molar-refractivity contribution in [2.75, 3.05) is 20.0 Å². The monoisotopic (exact) mass is 515 g/mol. The van der Waals surface area contributed by atoms with Crippen molar-refractivity contribution in [2.45, 2.75) is 26.8 Å². The molecule has 0 N–H and O–H groups in total. The minimum Gasteiger partial charge on any atom is -0.494 e. The number of esters is 1. The second-order valence-electron chi connectivity index (χ2n) is 8.71. The Morgan fingerprint density at radius 2 is 1.86 bits per heavy atom. The van der Waals surface area contributed by atoms with Crippen molar-refractivity contribution in [1.82, 2.24) is 13.3 Å². The molecule has 0 radical (unpaired) electrons. The SMILES string of the molecule is CCCOc1ccc2c(c1)c(-c1ccc3nsnc3c1)c(C(=O)OCC)n2Cc1ccc2c(c1)OCO2. The summed E-state index contributed by atoms with van der Waals surface area (Å²) in [5, 5.41) is 0.903. The lowest BCUT2D eigenvalue weighted by Gasteiger charge is -2.12. The van der Waals surface area contributed by atoms with Gasteiger partial charge < -0.3 is 23.5 Å². The van der Waals surface area contributed by atoms with Gasteiger partial charge in [-0.25, -0.2) is 4.79 Å². The first-order valence-corrected chi connectivity index (χ1v) is 13.0. The molecule has 37 heavy (non-hydrogen) atoms. The van der Waals surface area contributed by atoms with E-state index >= 15 is 0 Å². The number of rotatable bonds is 8. The minimum absolute atomic E-state index is 0.206. The highest BCUT2D eigenvalue weighted by Crippen LogP contribution is 2.40. The lowest BCUT2D eigenvalue weighted by Crippen LogP contribution is -2.14. The Balaban J connectivity index is 1.58. The van der Waals surface area contributed by atoms with Crippen LogP contribution in [0, 0.1) is 0 Å². The molecule has 0 amide bonds. The largest absolute Gasteiger partial charge is 0.494 e. The normalized spacial score (nSPS) is 12.4. The summed E-state index contributed by atoms with van der Waals surface area (Å²) in [7, 11) is 0. The molecule has 0 saturated heterocycles. The summed E-state index contributed by atoms with van der Waals surface area (Å²) in [5.41, 5.74) is 5.61. The molecular formula is C28H25N3O5S. The Morgan fingerprint density at radius 1 is 1.00 bits per heavy atom. The Morgan fingerprint density at radius 3 is 2.73 bits per heavy atom. The van der Waals surface area contributed by atoms with Gasteiger partial charge in [0, 0.05) is 23.0 Å². The van der Waals surface area contributed by atoms with Gasteiger partial charge in [0.05, 0.1) is 24.9 Å². The van der Waals surface area contributed by atoms with E-state index in [4.69, 9.17) is 18.9 Å². The number of carbonyl (C=O) groups excluding carboxylic acids is 1. The number of benzene rings is 3. The summed E-state index contributed by atoms with van der Waals surface area (Å²) in [4.78, 5) is 13.5. The Labute approximate surface area is 217 Å². The van der Waals surface area contributed by atoms with Crippen molar-refractivity contribution in [3.63, 3.8) is 0 Å². The smallest absolute Gasteiger partial charge is 0.355 e. The molecule has 2 aromatic heterocycles. The van der Waals surface area contributed by atoms with E-state index < -0.39 is 0 Å². The van der Waals surface area contributed by atoms with E-state index in [2.05, 4.69) is 15.7 Å². The van der Waals surface area contributed by atoms with E-state index in [-0.39, 0.29) is 19.4 Å². The van der Waals surface area contributed by atoms with Gasteiger partial charge in [0.1, 0.15) is 22.5 Å². The van der Waals surface area contributed by atoms with Crippen LogP contribution in [-0.2, 0) is 11.3 Å². The van der Waals surface area contributed by atoms with Crippen LogP contribution >= 0.6 is 11.7 Å². The molecule has 0 spiro atoms. The molecule has 0 bridgehead atoms. The molecule has 188 valence electrons. The number of hydrogen-bond acceptors (Lipinski definition) is 8. The predicted octanol–water partition coefficient (Wildman–Crippen LogP) is 6.06. The number of ether oxygens (including phenoxy) is 4. The van der Waals surface area contributed by atoms with Crippen LogP contribution < -0.4 is 14.2 Å². The van der Waals surface area contributed by atoms with Crippen molar-refractivity contribution < 1.29 is 23.7 Å². The maximum atomic E-state index is 13.5. The summed E-state index contributed by atoms with van der Waals surface area (Å²) < 4.78 is 33.4. The van der Waals surface area contributed by atoms with E-state index in [1.165, 1.54) is 11.7 Å². The molecule has 0 unspecified atom stereocenters. The van der Waals surface area contributed by atoms with E-state index in [0.717, 1.165) is 56.5 Å².